The van der Waals surface area contributed by atoms with Gasteiger partial charge in [0.05, 0.1) is 17.8 Å². The van der Waals surface area contributed by atoms with Crippen molar-refractivity contribution in [2.45, 2.75) is 6.42 Å². The number of likely N-dealkylation sites (N-methyl/N-ethyl adjacent to an activating group) is 2. The summed E-state index contributed by atoms with van der Waals surface area (Å²) in [6.07, 6.45) is 3.84. The van der Waals surface area contributed by atoms with E-state index in [1.807, 2.05) is 60.5 Å². The van der Waals surface area contributed by atoms with E-state index in [4.69, 9.17) is 0 Å². The van der Waals surface area contributed by atoms with E-state index in [9.17, 15) is 14.4 Å². The summed E-state index contributed by atoms with van der Waals surface area (Å²) in [5.74, 6) is 1.76. The van der Waals surface area contributed by atoms with E-state index in [1.165, 1.54) is 0 Å². The van der Waals surface area contributed by atoms with Crippen LogP contribution in [0.25, 0.3) is 5.70 Å². The normalized spacial score (nSPS) is 19.1. The number of carbonyl (C=O) groups is 2. The highest BCUT2D eigenvalue weighted by Gasteiger charge is 2.31. The fourth-order valence-electron chi connectivity index (χ4n) is 4.86. The summed E-state index contributed by atoms with van der Waals surface area (Å²) < 4.78 is 0. The minimum Gasteiger partial charge on any atom is -0.354 e. The van der Waals surface area contributed by atoms with Crippen LogP contribution in [-0.2, 0) is 14.4 Å². The number of amides is 2. The number of carbonyl (C=O) groups excluding carboxylic acids is 3. The van der Waals surface area contributed by atoms with Crippen LogP contribution in [0.5, 0.6) is 0 Å². The highest BCUT2D eigenvalue weighted by atomic mass is 16.2. The molecule has 0 atom stereocenters. The molecule has 2 aromatic rings. The zero-order chi connectivity index (χ0) is 26.6. The average Bonchev–Trinajstić information content (AvgIpc) is 3.27. The minimum atomic E-state index is -0.219. The molecule has 0 aromatic heterocycles. The first-order chi connectivity index (χ1) is 18.4. The summed E-state index contributed by atoms with van der Waals surface area (Å²) in [7, 11) is 3.90. The van der Waals surface area contributed by atoms with E-state index < -0.39 is 0 Å². The van der Waals surface area contributed by atoms with Crippen molar-refractivity contribution in [1.29, 1.82) is 0 Å². The topological polar surface area (TPSA) is 85.0 Å². The summed E-state index contributed by atoms with van der Waals surface area (Å²) in [6.45, 7) is 4.12. The Bertz CT molecular complexity index is 1380. The van der Waals surface area contributed by atoms with Crippen molar-refractivity contribution in [2.24, 2.45) is 0 Å². The Morgan fingerprint density at radius 1 is 1.03 bits per heavy atom. The molecule has 0 spiro atoms. The summed E-state index contributed by atoms with van der Waals surface area (Å²) >= 11 is 0. The Morgan fingerprint density at radius 3 is 2.42 bits per heavy atom. The maximum atomic E-state index is 13.1. The molecule has 2 heterocycles. The van der Waals surface area contributed by atoms with Crippen LogP contribution in [0.15, 0.2) is 89.2 Å². The Labute approximate surface area is 222 Å². The summed E-state index contributed by atoms with van der Waals surface area (Å²) in [6, 6.07) is 17.3. The quantitative estimate of drug-likeness (QED) is 0.460. The van der Waals surface area contributed by atoms with Crippen molar-refractivity contribution >= 4 is 34.8 Å². The standard InChI is InChI=1S/C30H31N5O3/c1-33-14-16-35(17-15-33)19-27(37)34(2)24-11-9-23(10-12-24)31-29(22-6-4-3-5-7-22)28-25-13-8-21(20-36)18-26(25)32-30(28)38/h3-13,31H,14-19H2,1-2H3,(H,32,38)/b29-28-. The first-order valence-corrected chi connectivity index (χ1v) is 12.7. The molecular formula is C30H31N5O3. The average molecular weight is 510 g/mol. The molecule has 3 aliphatic rings. The van der Waals surface area contributed by atoms with E-state index in [0.29, 0.717) is 35.5 Å². The van der Waals surface area contributed by atoms with Gasteiger partial charge in [-0.1, -0.05) is 36.4 Å². The van der Waals surface area contributed by atoms with Gasteiger partial charge in [-0.05, 0) is 43.0 Å². The number of nitrogens with zero attached hydrogens (tertiary/aromatic N) is 3. The Kier molecular flexibility index (Phi) is 7.38. The molecule has 0 bridgehead atoms. The van der Waals surface area contributed by atoms with Gasteiger partial charge in [0.2, 0.25) is 5.91 Å². The molecule has 2 aliphatic heterocycles. The number of piperazine rings is 1. The molecule has 0 unspecified atom stereocenters. The zero-order valence-electron chi connectivity index (χ0n) is 21.7. The Hall–Kier alpha value is -4.23. The monoisotopic (exact) mass is 509 g/mol. The van der Waals surface area contributed by atoms with Gasteiger partial charge in [0.1, 0.15) is 5.94 Å². The number of benzene rings is 2. The number of allylic oxidation sites excluding steroid dienone is 3. The van der Waals surface area contributed by atoms with E-state index in [2.05, 4.69) is 27.5 Å². The number of hydrogen-bond acceptors (Lipinski definition) is 6. The van der Waals surface area contributed by atoms with Gasteiger partial charge in [-0.3, -0.25) is 14.5 Å². The molecule has 8 nitrogen and oxygen atoms in total. The smallest absolute Gasteiger partial charge is 0.258 e. The molecule has 194 valence electrons. The van der Waals surface area contributed by atoms with Crippen LogP contribution < -0.4 is 15.5 Å². The fraction of sp³-hybridized carbons (Fsp3) is 0.267. The van der Waals surface area contributed by atoms with Gasteiger partial charge in [-0.25, -0.2) is 4.79 Å². The lowest BCUT2D eigenvalue weighted by atomic mass is 9.94. The third-order valence-corrected chi connectivity index (χ3v) is 7.20. The van der Waals surface area contributed by atoms with Crippen molar-refractivity contribution in [2.75, 3.05) is 57.0 Å². The molecule has 2 amide bonds. The first kappa shape index (κ1) is 25.4. The van der Waals surface area contributed by atoms with Crippen molar-refractivity contribution in [3.63, 3.8) is 0 Å². The lowest BCUT2D eigenvalue weighted by Crippen LogP contribution is -2.48. The van der Waals surface area contributed by atoms with E-state index in [-0.39, 0.29) is 11.8 Å². The van der Waals surface area contributed by atoms with Gasteiger partial charge < -0.3 is 20.4 Å². The number of hydrogen-bond donors (Lipinski definition) is 2. The van der Waals surface area contributed by atoms with Crippen LogP contribution in [0.2, 0.25) is 0 Å². The second kappa shape index (κ2) is 11.0. The van der Waals surface area contributed by atoms with E-state index in [1.54, 1.807) is 24.1 Å². The summed E-state index contributed by atoms with van der Waals surface area (Å²) in [5.41, 5.74) is 5.62. The Morgan fingerprint density at radius 2 is 1.74 bits per heavy atom. The molecule has 2 aromatic carbocycles. The first-order valence-electron chi connectivity index (χ1n) is 12.7. The fourth-order valence-corrected chi connectivity index (χ4v) is 4.86. The molecule has 5 rings (SSSR count). The van der Waals surface area contributed by atoms with Gasteiger partial charge in [0.25, 0.3) is 5.91 Å². The largest absolute Gasteiger partial charge is 0.354 e. The van der Waals surface area contributed by atoms with Crippen molar-refractivity contribution < 1.29 is 14.4 Å². The lowest BCUT2D eigenvalue weighted by molar-refractivity contribution is -0.120. The Balaban J connectivity index is 1.38. The maximum absolute atomic E-state index is 13.1. The molecule has 2 N–H and O–H groups in total. The van der Waals surface area contributed by atoms with Gasteiger partial charge >= 0.3 is 0 Å². The van der Waals surface area contributed by atoms with Crippen molar-refractivity contribution in [3.05, 3.63) is 94.7 Å². The third-order valence-electron chi connectivity index (χ3n) is 7.20. The maximum Gasteiger partial charge on any atom is 0.258 e. The molecular weight excluding hydrogens is 478 g/mol. The van der Waals surface area contributed by atoms with Crippen LogP contribution in [0.1, 0.15) is 12.0 Å². The van der Waals surface area contributed by atoms with Gasteiger partial charge in [0, 0.05) is 67.9 Å². The predicted molar refractivity (Wildman–Crippen MR) is 149 cm³/mol. The van der Waals surface area contributed by atoms with Crippen LogP contribution in [0.3, 0.4) is 0 Å². The van der Waals surface area contributed by atoms with Crippen LogP contribution in [0.4, 0.5) is 11.4 Å². The number of rotatable bonds is 6. The second-order valence-electron chi connectivity index (χ2n) is 9.80. The van der Waals surface area contributed by atoms with Gasteiger partial charge in [0.15, 0.2) is 0 Å². The van der Waals surface area contributed by atoms with Gasteiger partial charge in [-0.15, -0.1) is 0 Å². The molecule has 0 saturated carbocycles. The highest BCUT2D eigenvalue weighted by molar-refractivity contribution is 6.11. The third kappa shape index (κ3) is 5.38. The molecule has 8 heteroatoms. The van der Waals surface area contributed by atoms with E-state index in [0.717, 1.165) is 48.7 Å². The van der Waals surface area contributed by atoms with Crippen LogP contribution in [-0.4, -0.2) is 74.4 Å². The van der Waals surface area contributed by atoms with Crippen molar-refractivity contribution in [3.8, 4) is 0 Å². The predicted octanol–water partition coefficient (Wildman–Crippen LogP) is 2.82. The minimum absolute atomic E-state index is 0.0530. The number of anilines is 2. The van der Waals surface area contributed by atoms with Crippen LogP contribution in [0, 0.1) is 0 Å². The zero-order valence-corrected chi connectivity index (χ0v) is 21.7. The van der Waals surface area contributed by atoms with Crippen LogP contribution >= 0.6 is 0 Å². The highest BCUT2D eigenvalue weighted by Crippen LogP contribution is 2.36. The molecule has 38 heavy (non-hydrogen) atoms. The van der Waals surface area contributed by atoms with Crippen molar-refractivity contribution in [1.82, 2.24) is 15.1 Å². The molecule has 1 saturated heterocycles. The number of nitrogens with one attached hydrogen (secondary N) is 2. The lowest BCUT2D eigenvalue weighted by Gasteiger charge is -2.32. The molecule has 1 fully saturated rings. The summed E-state index contributed by atoms with van der Waals surface area (Å²) in [4.78, 5) is 43.3. The molecule has 0 radical (unpaired) electrons. The van der Waals surface area contributed by atoms with Gasteiger partial charge in [-0.2, -0.15) is 0 Å². The SMILES string of the molecule is CN1CCN(CC(=O)N(C)c2ccc(N/C(=C3\C(=O)NC4=C3C=CC(=C=O)C4)c3ccccc3)cc2)CC1. The molecule has 1 aliphatic carbocycles. The summed E-state index contributed by atoms with van der Waals surface area (Å²) in [5, 5.41) is 6.36. The van der Waals surface area contributed by atoms with E-state index >= 15 is 0 Å². The second-order valence-corrected chi connectivity index (χ2v) is 9.80.